The highest BCUT2D eigenvalue weighted by molar-refractivity contribution is 5.61. The van der Waals surface area contributed by atoms with E-state index in [0.717, 1.165) is 30.0 Å². The number of hydrogen-bond acceptors (Lipinski definition) is 3. The molecular weight excluding hydrogens is 270 g/mol. The number of hydrogen-bond donors (Lipinski definition) is 1. The van der Waals surface area contributed by atoms with E-state index in [9.17, 15) is 0 Å². The third-order valence-corrected chi connectivity index (χ3v) is 3.63. The molecule has 3 nitrogen and oxygen atoms in total. The minimum Gasteiger partial charge on any atom is -0.364 e. The van der Waals surface area contributed by atoms with Gasteiger partial charge in [0.25, 0.3) is 0 Å². The molecule has 1 heterocycles. The van der Waals surface area contributed by atoms with E-state index >= 15 is 0 Å². The van der Waals surface area contributed by atoms with Gasteiger partial charge in [0, 0.05) is 12.1 Å². The van der Waals surface area contributed by atoms with Crippen molar-refractivity contribution in [3.8, 4) is 11.3 Å². The largest absolute Gasteiger partial charge is 0.364 e. The van der Waals surface area contributed by atoms with Crippen LogP contribution in [0.5, 0.6) is 0 Å². The topological polar surface area (TPSA) is 37.8 Å². The van der Waals surface area contributed by atoms with Gasteiger partial charge in [0.05, 0.1) is 5.69 Å². The Morgan fingerprint density at radius 1 is 0.864 bits per heavy atom. The second-order valence-corrected chi connectivity index (χ2v) is 5.16. The molecule has 0 aliphatic carbocycles. The number of benzene rings is 2. The zero-order valence-corrected chi connectivity index (χ0v) is 12.7. The highest BCUT2D eigenvalue weighted by atomic mass is 15.2. The van der Waals surface area contributed by atoms with Crippen molar-refractivity contribution in [1.29, 1.82) is 0 Å². The lowest BCUT2D eigenvalue weighted by atomic mass is 10.1. The minimum atomic E-state index is 0.757. The monoisotopic (exact) mass is 289 g/mol. The second kappa shape index (κ2) is 6.85. The summed E-state index contributed by atoms with van der Waals surface area (Å²) in [7, 11) is 0. The van der Waals surface area contributed by atoms with Gasteiger partial charge < -0.3 is 5.32 Å². The standard InChI is InChI=1S/C19H19N3/c1-2-16-13-18(17-11-7-4-8-12-17)21-22-19(16)20-14-15-9-5-3-6-10-15/h3-13H,2,14H2,1H3,(H,20,22). The summed E-state index contributed by atoms with van der Waals surface area (Å²) < 4.78 is 0. The van der Waals surface area contributed by atoms with E-state index in [1.54, 1.807) is 0 Å². The maximum absolute atomic E-state index is 4.38. The summed E-state index contributed by atoms with van der Waals surface area (Å²) in [5.74, 6) is 0.867. The van der Waals surface area contributed by atoms with Crippen LogP contribution in [0.4, 0.5) is 5.82 Å². The predicted octanol–water partition coefficient (Wildman–Crippen LogP) is 4.32. The molecule has 3 heteroatoms. The van der Waals surface area contributed by atoms with Gasteiger partial charge in [-0.3, -0.25) is 0 Å². The smallest absolute Gasteiger partial charge is 0.152 e. The zero-order valence-electron chi connectivity index (χ0n) is 12.7. The third kappa shape index (κ3) is 3.31. The van der Waals surface area contributed by atoms with Crippen LogP contribution in [-0.2, 0) is 13.0 Å². The van der Waals surface area contributed by atoms with Gasteiger partial charge in [-0.15, -0.1) is 10.2 Å². The van der Waals surface area contributed by atoms with Crippen LogP contribution in [0.3, 0.4) is 0 Å². The Kier molecular flexibility index (Phi) is 4.44. The van der Waals surface area contributed by atoms with E-state index in [1.165, 1.54) is 11.1 Å². The number of aromatic nitrogens is 2. The number of anilines is 1. The number of nitrogens with one attached hydrogen (secondary N) is 1. The van der Waals surface area contributed by atoms with Crippen molar-refractivity contribution in [2.45, 2.75) is 19.9 Å². The van der Waals surface area contributed by atoms with Crippen molar-refractivity contribution in [3.05, 3.63) is 77.9 Å². The van der Waals surface area contributed by atoms with Crippen molar-refractivity contribution in [3.63, 3.8) is 0 Å². The maximum atomic E-state index is 4.38. The highest BCUT2D eigenvalue weighted by Gasteiger charge is 2.07. The van der Waals surface area contributed by atoms with Crippen LogP contribution in [0.15, 0.2) is 66.7 Å². The van der Waals surface area contributed by atoms with Gasteiger partial charge in [-0.1, -0.05) is 67.6 Å². The Morgan fingerprint density at radius 2 is 1.55 bits per heavy atom. The fraction of sp³-hybridized carbons (Fsp3) is 0.158. The van der Waals surface area contributed by atoms with E-state index in [2.05, 4.69) is 52.8 Å². The first-order valence-corrected chi connectivity index (χ1v) is 7.56. The van der Waals surface area contributed by atoms with Gasteiger partial charge in [0.2, 0.25) is 0 Å². The maximum Gasteiger partial charge on any atom is 0.152 e. The molecule has 3 aromatic rings. The number of rotatable bonds is 5. The van der Waals surface area contributed by atoms with Crippen LogP contribution < -0.4 is 5.32 Å². The summed E-state index contributed by atoms with van der Waals surface area (Å²) in [6.07, 6.45) is 0.923. The molecule has 1 N–H and O–H groups in total. The Balaban J connectivity index is 1.80. The van der Waals surface area contributed by atoms with Gasteiger partial charge in [-0.05, 0) is 23.6 Å². The Labute approximate surface area is 131 Å². The van der Waals surface area contributed by atoms with Crippen LogP contribution in [-0.4, -0.2) is 10.2 Å². The van der Waals surface area contributed by atoms with E-state index in [4.69, 9.17) is 0 Å². The van der Waals surface area contributed by atoms with E-state index in [1.807, 2.05) is 36.4 Å². The molecule has 0 fully saturated rings. The predicted molar refractivity (Wildman–Crippen MR) is 90.6 cm³/mol. The van der Waals surface area contributed by atoms with Gasteiger partial charge in [0.1, 0.15) is 0 Å². The molecule has 0 atom stereocenters. The van der Waals surface area contributed by atoms with Gasteiger partial charge in [-0.2, -0.15) is 0 Å². The second-order valence-electron chi connectivity index (χ2n) is 5.16. The minimum absolute atomic E-state index is 0.757. The number of aryl methyl sites for hydroxylation is 1. The Hall–Kier alpha value is -2.68. The van der Waals surface area contributed by atoms with Crippen molar-refractivity contribution in [2.24, 2.45) is 0 Å². The van der Waals surface area contributed by atoms with Crippen LogP contribution in [0.2, 0.25) is 0 Å². The fourth-order valence-corrected chi connectivity index (χ4v) is 2.38. The Bertz CT molecular complexity index is 724. The van der Waals surface area contributed by atoms with E-state index in [-0.39, 0.29) is 0 Å². The van der Waals surface area contributed by atoms with Crippen molar-refractivity contribution < 1.29 is 0 Å². The van der Waals surface area contributed by atoms with Crippen LogP contribution in [0.1, 0.15) is 18.1 Å². The average molecular weight is 289 g/mol. The lowest BCUT2D eigenvalue weighted by Gasteiger charge is -2.11. The molecule has 0 unspecified atom stereocenters. The van der Waals surface area contributed by atoms with Crippen molar-refractivity contribution in [2.75, 3.05) is 5.32 Å². The first kappa shape index (κ1) is 14.3. The summed E-state index contributed by atoms with van der Waals surface area (Å²) in [4.78, 5) is 0. The number of nitrogens with zero attached hydrogens (tertiary/aromatic N) is 2. The summed E-state index contributed by atoms with van der Waals surface area (Å²) in [5, 5.41) is 12.1. The summed E-state index contributed by atoms with van der Waals surface area (Å²) in [6, 6.07) is 22.6. The average Bonchev–Trinajstić information content (AvgIpc) is 2.61. The highest BCUT2D eigenvalue weighted by Crippen LogP contribution is 2.21. The molecule has 1 aromatic heterocycles. The Morgan fingerprint density at radius 3 is 2.23 bits per heavy atom. The van der Waals surface area contributed by atoms with E-state index in [0.29, 0.717) is 0 Å². The lowest BCUT2D eigenvalue weighted by Crippen LogP contribution is -2.06. The molecule has 0 saturated heterocycles. The molecule has 3 rings (SSSR count). The van der Waals surface area contributed by atoms with Crippen LogP contribution in [0.25, 0.3) is 11.3 Å². The molecule has 0 aliphatic rings. The molecule has 0 bridgehead atoms. The quantitative estimate of drug-likeness (QED) is 0.760. The SMILES string of the molecule is CCc1cc(-c2ccccc2)nnc1NCc1ccccc1. The molecule has 22 heavy (non-hydrogen) atoms. The first-order valence-electron chi connectivity index (χ1n) is 7.56. The van der Waals surface area contributed by atoms with E-state index < -0.39 is 0 Å². The van der Waals surface area contributed by atoms with Crippen molar-refractivity contribution in [1.82, 2.24) is 10.2 Å². The molecular formula is C19H19N3. The third-order valence-electron chi connectivity index (χ3n) is 3.63. The van der Waals surface area contributed by atoms with Gasteiger partial charge >= 0.3 is 0 Å². The molecule has 110 valence electrons. The normalized spacial score (nSPS) is 10.4. The summed E-state index contributed by atoms with van der Waals surface area (Å²) in [6.45, 7) is 2.90. The molecule has 2 aromatic carbocycles. The molecule has 0 saturated carbocycles. The van der Waals surface area contributed by atoms with Gasteiger partial charge in [-0.25, -0.2) is 0 Å². The van der Waals surface area contributed by atoms with Crippen LogP contribution in [0, 0.1) is 0 Å². The molecule has 0 spiro atoms. The fourth-order valence-electron chi connectivity index (χ4n) is 2.38. The first-order chi connectivity index (χ1) is 10.9. The molecule has 0 amide bonds. The van der Waals surface area contributed by atoms with Crippen LogP contribution >= 0.6 is 0 Å². The van der Waals surface area contributed by atoms with Gasteiger partial charge in [0.15, 0.2) is 5.82 Å². The lowest BCUT2D eigenvalue weighted by molar-refractivity contribution is 0.966. The zero-order chi connectivity index (χ0) is 15.2. The van der Waals surface area contributed by atoms with Crippen molar-refractivity contribution >= 4 is 5.82 Å². The molecule has 0 aliphatic heterocycles. The summed E-state index contributed by atoms with van der Waals surface area (Å²) >= 11 is 0. The summed E-state index contributed by atoms with van der Waals surface area (Å²) in [5.41, 5.74) is 4.44. The molecule has 0 radical (unpaired) electrons.